The lowest BCUT2D eigenvalue weighted by Crippen LogP contribution is -2.08. The van der Waals surface area contributed by atoms with Gasteiger partial charge in [-0.15, -0.1) is 0 Å². The topological polar surface area (TPSA) is 0 Å². The normalized spacial score (nSPS) is 14.5. The summed E-state index contributed by atoms with van der Waals surface area (Å²) in [6.07, 6.45) is 7.55. The van der Waals surface area contributed by atoms with Gasteiger partial charge in [-0.1, -0.05) is 51.5 Å². The fraction of sp³-hybridized carbons (Fsp3) is 0.636. The van der Waals surface area contributed by atoms with Gasteiger partial charge in [-0.05, 0) is 18.8 Å². The molecule has 0 rings (SSSR count). The SMILES string of the molecule is C/C=C\C=C(/CC)C(C)(C)C. The minimum absolute atomic E-state index is 0.328. The van der Waals surface area contributed by atoms with Crippen molar-refractivity contribution in [2.45, 2.75) is 41.0 Å². The van der Waals surface area contributed by atoms with Gasteiger partial charge >= 0.3 is 0 Å². The zero-order chi connectivity index (χ0) is 8.91. The van der Waals surface area contributed by atoms with Crippen molar-refractivity contribution < 1.29 is 0 Å². The van der Waals surface area contributed by atoms with Gasteiger partial charge in [0.05, 0.1) is 0 Å². The monoisotopic (exact) mass is 152 g/mol. The Kier molecular flexibility index (Phi) is 4.17. The van der Waals surface area contributed by atoms with E-state index in [2.05, 4.69) is 45.9 Å². The lowest BCUT2D eigenvalue weighted by molar-refractivity contribution is 0.488. The van der Waals surface area contributed by atoms with Crippen molar-refractivity contribution >= 4 is 0 Å². The molecule has 0 aromatic heterocycles. The molecule has 64 valence electrons. The predicted octanol–water partition coefficient (Wildman–Crippen LogP) is 3.95. The fourth-order valence-electron chi connectivity index (χ4n) is 1.11. The summed E-state index contributed by atoms with van der Waals surface area (Å²) in [5.74, 6) is 0. The first kappa shape index (κ1) is 10.5. The summed E-state index contributed by atoms with van der Waals surface area (Å²) < 4.78 is 0. The smallest absolute Gasteiger partial charge is 0.0170 e. The van der Waals surface area contributed by atoms with Gasteiger partial charge in [-0.2, -0.15) is 0 Å². The molecule has 0 saturated heterocycles. The average molecular weight is 152 g/mol. The summed E-state index contributed by atoms with van der Waals surface area (Å²) in [7, 11) is 0. The molecule has 0 aliphatic heterocycles. The number of hydrogen-bond donors (Lipinski definition) is 0. The first-order valence-corrected chi connectivity index (χ1v) is 4.34. The van der Waals surface area contributed by atoms with Crippen LogP contribution in [0.4, 0.5) is 0 Å². The molecule has 0 fully saturated rings. The standard InChI is InChI=1S/C11H20/c1-6-8-9-10(7-2)11(3,4)5/h6,8-9H,7H2,1-5H3/b8-6-,10-9+. The van der Waals surface area contributed by atoms with E-state index in [0.29, 0.717) is 5.41 Å². The van der Waals surface area contributed by atoms with Crippen LogP contribution in [0.15, 0.2) is 23.8 Å². The van der Waals surface area contributed by atoms with Gasteiger partial charge < -0.3 is 0 Å². The van der Waals surface area contributed by atoms with Gasteiger partial charge in [0, 0.05) is 0 Å². The Morgan fingerprint density at radius 2 is 1.82 bits per heavy atom. The Balaban J connectivity index is 4.40. The number of hydrogen-bond acceptors (Lipinski definition) is 0. The molecule has 0 unspecified atom stereocenters. The summed E-state index contributed by atoms with van der Waals surface area (Å²) in [6.45, 7) is 11.0. The van der Waals surface area contributed by atoms with E-state index in [4.69, 9.17) is 0 Å². The summed E-state index contributed by atoms with van der Waals surface area (Å²) in [4.78, 5) is 0. The van der Waals surface area contributed by atoms with Crippen LogP contribution in [-0.2, 0) is 0 Å². The van der Waals surface area contributed by atoms with Crippen LogP contribution in [0.3, 0.4) is 0 Å². The van der Waals surface area contributed by atoms with E-state index in [1.54, 1.807) is 0 Å². The zero-order valence-corrected chi connectivity index (χ0v) is 8.44. The molecule has 0 aromatic rings. The Morgan fingerprint density at radius 1 is 1.27 bits per heavy atom. The van der Waals surface area contributed by atoms with Crippen molar-refractivity contribution in [3.05, 3.63) is 23.8 Å². The molecule has 0 amide bonds. The van der Waals surface area contributed by atoms with E-state index < -0.39 is 0 Å². The second-order valence-corrected chi connectivity index (χ2v) is 3.82. The van der Waals surface area contributed by atoms with E-state index in [1.807, 2.05) is 6.92 Å². The third-order valence-electron chi connectivity index (χ3n) is 1.83. The van der Waals surface area contributed by atoms with Crippen LogP contribution in [0.2, 0.25) is 0 Å². The van der Waals surface area contributed by atoms with Crippen LogP contribution in [0.5, 0.6) is 0 Å². The largest absolute Gasteiger partial charge is 0.0877 e. The van der Waals surface area contributed by atoms with Gasteiger partial charge in [0.15, 0.2) is 0 Å². The summed E-state index contributed by atoms with van der Waals surface area (Å²) in [5.41, 5.74) is 1.84. The van der Waals surface area contributed by atoms with Crippen LogP contribution < -0.4 is 0 Å². The van der Waals surface area contributed by atoms with Crippen molar-refractivity contribution in [1.82, 2.24) is 0 Å². The van der Waals surface area contributed by atoms with Gasteiger partial charge in [0.25, 0.3) is 0 Å². The highest BCUT2D eigenvalue weighted by molar-refractivity contribution is 5.17. The van der Waals surface area contributed by atoms with E-state index in [0.717, 1.165) is 6.42 Å². The maximum atomic E-state index is 2.26. The van der Waals surface area contributed by atoms with Crippen LogP contribution in [0.25, 0.3) is 0 Å². The fourth-order valence-corrected chi connectivity index (χ4v) is 1.11. The number of rotatable bonds is 2. The molecule has 0 bridgehead atoms. The van der Waals surface area contributed by atoms with Gasteiger partial charge in [-0.25, -0.2) is 0 Å². The highest BCUT2D eigenvalue weighted by atomic mass is 14.2. The quantitative estimate of drug-likeness (QED) is 0.526. The van der Waals surface area contributed by atoms with Crippen molar-refractivity contribution in [3.8, 4) is 0 Å². The number of allylic oxidation sites excluding steroid dienone is 4. The molecular weight excluding hydrogens is 132 g/mol. The lowest BCUT2D eigenvalue weighted by Gasteiger charge is -2.21. The molecule has 0 N–H and O–H groups in total. The Morgan fingerprint density at radius 3 is 2.09 bits per heavy atom. The van der Waals surface area contributed by atoms with E-state index >= 15 is 0 Å². The van der Waals surface area contributed by atoms with Crippen molar-refractivity contribution in [2.75, 3.05) is 0 Å². The van der Waals surface area contributed by atoms with Gasteiger partial charge in [0.1, 0.15) is 0 Å². The molecule has 0 aliphatic rings. The van der Waals surface area contributed by atoms with Crippen LogP contribution in [-0.4, -0.2) is 0 Å². The Hall–Kier alpha value is -0.520. The minimum Gasteiger partial charge on any atom is -0.0877 e. The molecule has 0 aliphatic carbocycles. The van der Waals surface area contributed by atoms with Crippen molar-refractivity contribution in [1.29, 1.82) is 0 Å². The van der Waals surface area contributed by atoms with Crippen LogP contribution in [0.1, 0.15) is 41.0 Å². The maximum absolute atomic E-state index is 2.26. The van der Waals surface area contributed by atoms with Crippen molar-refractivity contribution in [2.24, 2.45) is 5.41 Å². The van der Waals surface area contributed by atoms with Crippen LogP contribution in [0, 0.1) is 5.41 Å². The van der Waals surface area contributed by atoms with Crippen LogP contribution >= 0.6 is 0 Å². The molecule has 0 nitrogen and oxygen atoms in total. The predicted molar refractivity (Wildman–Crippen MR) is 52.6 cm³/mol. The van der Waals surface area contributed by atoms with E-state index in [9.17, 15) is 0 Å². The first-order chi connectivity index (χ1) is 5.02. The lowest BCUT2D eigenvalue weighted by atomic mass is 9.84. The third kappa shape index (κ3) is 4.02. The zero-order valence-electron chi connectivity index (χ0n) is 8.44. The summed E-state index contributed by atoms with van der Waals surface area (Å²) in [6, 6.07) is 0. The molecule has 0 heterocycles. The highest BCUT2D eigenvalue weighted by Crippen LogP contribution is 2.27. The minimum atomic E-state index is 0.328. The molecule has 0 spiro atoms. The van der Waals surface area contributed by atoms with E-state index in [1.165, 1.54) is 5.57 Å². The highest BCUT2D eigenvalue weighted by Gasteiger charge is 2.13. The Bertz CT molecular complexity index is 153. The Labute approximate surface area is 71.0 Å². The molecule has 0 aromatic carbocycles. The summed E-state index contributed by atoms with van der Waals surface area (Å²) >= 11 is 0. The average Bonchev–Trinajstić information content (AvgIpc) is 1.87. The molecule has 0 atom stereocenters. The first-order valence-electron chi connectivity index (χ1n) is 4.34. The van der Waals surface area contributed by atoms with Gasteiger partial charge in [-0.3, -0.25) is 0 Å². The molecule has 0 radical (unpaired) electrons. The van der Waals surface area contributed by atoms with E-state index in [-0.39, 0.29) is 0 Å². The molecular formula is C11H20. The second kappa shape index (κ2) is 4.38. The molecule has 0 saturated carbocycles. The molecule has 11 heavy (non-hydrogen) atoms. The maximum Gasteiger partial charge on any atom is -0.0170 e. The molecule has 0 heteroatoms. The summed E-state index contributed by atoms with van der Waals surface area (Å²) in [5, 5.41) is 0. The third-order valence-corrected chi connectivity index (χ3v) is 1.83. The van der Waals surface area contributed by atoms with Crippen molar-refractivity contribution in [3.63, 3.8) is 0 Å². The van der Waals surface area contributed by atoms with Gasteiger partial charge in [0.2, 0.25) is 0 Å². The second-order valence-electron chi connectivity index (χ2n) is 3.82.